The van der Waals surface area contributed by atoms with E-state index in [4.69, 9.17) is 10.8 Å². The Morgan fingerprint density at radius 3 is 2.20 bits per heavy atom. The van der Waals surface area contributed by atoms with Gasteiger partial charge < -0.3 is 15.7 Å². The van der Waals surface area contributed by atoms with Crippen LogP contribution in [0.1, 0.15) is 0 Å². The quantitative estimate of drug-likeness (QED) is 0.590. The van der Waals surface area contributed by atoms with Crippen LogP contribution >= 0.6 is 12.4 Å². The molecule has 0 saturated carbocycles. The zero-order chi connectivity index (χ0) is 7.44. The lowest BCUT2D eigenvalue weighted by atomic mass is 10.3. The number of hydrogen-bond donors (Lipinski definition) is 2. The lowest BCUT2D eigenvalue weighted by Crippen LogP contribution is -2.39. The van der Waals surface area contributed by atoms with E-state index < -0.39 is 12.0 Å². The first-order valence-corrected chi connectivity index (χ1v) is 2.67. The highest BCUT2D eigenvalue weighted by atomic mass is 35.5. The average molecular weight is 169 g/mol. The van der Waals surface area contributed by atoms with Crippen LogP contribution in [0.4, 0.5) is 0 Å². The summed E-state index contributed by atoms with van der Waals surface area (Å²) >= 11 is 0. The molecule has 0 aliphatic rings. The first-order chi connectivity index (χ1) is 4.04. The lowest BCUT2D eigenvalue weighted by molar-refractivity contribution is -0.138. The third-order valence-corrected chi connectivity index (χ3v) is 0.879. The van der Waals surface area contributed by atoms with Gasteiger partial charge in [-0.2, -0.15) is 0 Å². The van der Waals surface area contributed by atoms with E-state index in [1.807, 2.05) is 0 Å². The number of halogens is 1. The lowest BCUT2D eigenvalue weighted by Gasteiger charge is -2.11. The Balaban J connectivity index is 0. The number of carboxylic acids is 1. The van der Waals surface area contributed by atoms with Crippen LogP contribution in [-0.4, -0.2) is 42.7 Å². The molecule has 0 unspecified atom stereocenters. The third-order valence-electron chi connectivity index (χ3n) is 0.879. The molecule has 0 rings (SSSR count). The molecule has 0 aromatic rings. The van der Waals surface area contributed by atoms with Gasteiger partial charge in [-0.25, -0.2) is 0 Å². The van der Waals surface area contributed by atoms with Crippen molar-refractivity contribution in [2.45, 2.75) is 6.04 Å². The highest BCUT2D eigenvalue weighted by Crippen LogP contribution is 1.80. The third kappa shape index (κ3) is 5.81. The number of nitrogens with two attached hydrogens (primary N) is 1. The average Bonchev–Trinajstić information content (AvgIpc) is 1.63. The second-order valence-corrected chi connectivity index (χ2v) is 2.21. The standard InChI is InChI=1S/C5H12N2O2.ClH/c1-7(2)3-4(6)5(8)9;/h4H,3,6H2,1-2H3,(H,8,9);1H/t4-;/m0./s1. The second-order valence-electron chi connectivity index (χ2n) is 2.21. The maximum Gasteiger partial charge on any atom is 0.321 e. The van der Waals surface area contributed by atoms with Gasteiger partial charge in [0.15, 0.2) is 0 Å². The van der Waals surface area contributed by atoms with Gasteiger partial charge in [-0.3, -0.25) is 4.79 Å². The fourth-order valence-electron chi connectivity index (χ4n) is 0.471. The van der Waals surface area contributed by atoms with Gasteiger partial charge in [-0.15, -0.1) is 12.4 Å². The molecule has 4 nitrogen and oxygen atoms in total. The van der Waals surface area contributed by atoms with E-state index in [1.165, 1.54) is 0 Å². The van der Waals surface area contributed by atoms with Gasteiger partial charge in [0.2, 0.25) is 0 Å². The van der Waals surface area contributed by atoms with Crippen LogP contribution in [0.3, 0.4) is 0 Å². The smallest absolute Gasteiger partial charge is 0.321 e. The van der Waals surface area contributed by atoms with E-state index in [1.54, 1.807) is 19.0 Å². The first-order valence-electron chi connectivity index (χ1n) is 2.67. The fraction of sp³-hybridized carbons (Fsp3) is 0.800. The van der Waals surface area contributed by atoms with E-state index in [-0.39, 0.29) is 12.4 Å². The molecule has 0 aromatic carbocycles. The fourth-order valence-corrected chi connectivity index (χ4v) is 0.471. The van der Waals surface area contributed by atoms with E-state index >= 15 is 0 Å². The topological polar surface area (TPSA) is 66.6 Å². The maximum atomic E-state index is 10.1. The maximum absolute atomic E-state index is 10.1. The molecule has 0 fully saturated rings. The molecule has 10 heavy (non-hydrogen) atoms. The highest BCUT2D eigenvalue weighted by molar-refractivity contribution is 5.85. The number of aliphatic carboxylic acids is 1. The summed E-state index contributed by atoms with van der Waals surface area (Å²) in [6, 6.07) is -0.764. The molecular formula is C5H13ClN2O2. The number of likely N-dealkylation sites (N-methyl/N-ethyl adjacent to an activating group) is 1. The molecule has 3 N–H and O–H groups in total. The van der Waals surface area contributed by atoms with Crippen LogP contribution in [-0.2, 0) is 4.79 Å². The SMILES string of the molecule is CN(C)C[C@H](N)C(=O)O.Cl. The van der Waals surface area contributed by atoms with E-state index in [2.05, 4.69) is 0 Å². The van der Waals surface area contributed by atoms with Crippen LogP contribution in [0.15, 0.2) is 0 Å². The molecule has 62 valence electrons. The summed E-state index contributed by atoms with van der Waals surface area (Å²) in [6.45, 7) is 0.384. The number of carbonyl (C=O) groups is 1. The Kier molecular flexibility index (Phi) is 6.76. The van der Waals surface area contributed by atoms with Gasteiger partial charge >= 0.3 is 5.97 Å². The Bertz CT molecular complexity index is 108. The number of carboxylic acid groups (broad SMARTS) is 1. The minimum atomic E-state index is -0.955. The van der Waals surface area contributed by atoms with E-state index in [9.17, 15) is 4.79 Å². The Labute approximate surface area is 66.4 Å². The van der Waals surface area contributed by atoms with Crippen LogP contribution < -0.4 is 5.73 Å². The zero-order valence-corrected chi connectivity index (χ0v) is 6.89. The van der Waals surface area contributed by atoms with E-state index in [0.717, 1.165) is 0 Å². The minimum absolute atomic E-state index is 0. The number of hydrogen-bond acceptors (Lipinski definition) is 3. The molecule has 1 atom stereocenters. The molecule has 5 heteroatoms. The molecule has 0 radical (unpaired) electrons. The summed E-state index contributed by atoms with van der Waals surface area (Å²) in [5.41, 5.74) is 5.18. The number of nitrogens with zero attached hydrogens (tertiary/aromatic N) is 1. The Hall–Kier alpha value is -0.320. The van der Waals surface area contributed by atoms with Crippen molar-refractivity contribution in [2.75, 3.05) is 20.6 Å². The van der Waals surface area contributed by atoms with E-state index in [0.29, 0.717) is 6.54 Å². The molecule has 0 aliphatic carbocycles. The van der Waals surface area contributed by atoms with Crippen LogP contribution in [0, 0.1) is 0 Å². The molecule has 0 aliphatic heterocycles. The second kappa shape index (κ2) is 5.46. The van der Waals surface area contributed by atoms with Gasteiger partial charge in [0, 0.05) is 6.54 Å². The minimum Gasteiger partial charge on any atom is -0.480 e. The normalized spacial score (nSPS) is 12.4. The molecule has 0 heterocycles. The molecule has 0 amide bonds. The predicted octanol–water partition coefficient (Wildman–Crippen LogP) is -0.618. The van der Waals surface area contributed by atoms with Crippen molar-refractivity contribution in [3.63, 3.8) is 0 Å². The summed E-state index contributed by atoms with van der Waals surface area (Å²) in [5.74, 6) is -0.955. The van der Waals surface area contributed by atoms with Gasteiger partial charge in [0.1, 0.15) is 6.04 Å². The zero-order valence-electron chi connectivity index (χ0n) is 6.07. The summed E-state index contributed by atoms with van der Waals surface area (Å²) in [6.07, 6.45) is 0. The summed E-state index contributed by atoms with van der Waals surface area (Å²) < 4.78 is 0. The Morgan fingerprint density at radius 1 is 1.70 bits per heavy atom. The highest BCUT2D eigenvalue weighted by Gasteiger charge is 2.10. The summed E-state index contributed by atoms with van der Waals surface area (Å²) in [7, 11) is 3.56. The van der Waals surface area contributed by atoms with Crippen LogP contribution in [0.25, 0.3) is 0 Å². The van der Waals surface area contributed by atoms with Crippen molar-refractivity contribution in [1.29, 1.82) is 0 Å². The van der Waals surface area contributed by atoms with Crippen LogP contribution in [0.5, 0.6) is 0 Å². The van der Waals surface area contributed by atoms with Crippen LogP contribution in [0.2, 0.25) is 0 Å². The summed E-state index contributed by atoms with van der Waals surface area (Å²) in [5, 5.41) is 8.28. The summed E-state index contributed by atoms with van der Waals surface area (Å²) in [4.78, 5) is 11.8. The van der Waals surface area contributed by atoms with Crippen molar-refractivity contribution >= 4 is 18.4 Å². The monoisotopic (exact) mass is 168 g/mol. The van der Waals surface area contributed by atoms with Crippen molar-refractivity contribution < 1.29 is 9.90 Å². The molecule has 0 spiro atoms. The van der Waals surface area contributed by atoms with Crippen molar-refractivity contribution in [1.82, 2.24) is 4.90 Å². The first kappa shape index (κ1) is 12.4. The molecule has 0 saturated heterocycles. The number of rotatable bonds is 3. The predicted molar refractivity (Wildman–Crippen MR) is 41.4 cm³/mol. The van der Waals surface area contributed by atoms with Gasteiger partial charge in [0.25, 0.3) is 0 Å². The van der Waals surface area contributed by atoms with Gasteiger partial charge in [-0.1, -0.05) is 0 Å². The van der Waals surface area contributed by atoms with Crippen molar-refractivity contribution in [3.05, 3.63) is 0 Å². The Morgan fingerprint density at radius 2 is 2.10 bits per heavy atom. The molecule has 0 bridgehead atoms. The van der Waals surface area contributed by atoms with Crippen molar-refractivity contribution in [2.24, 2.45) is 5.73 Å². The van der Waals surface area contributed by atoms with Crippen molar-refractivity contribution in [3.8, 4) is 0 Å². The van der Waals surface area contributed by atoms with Gasteiger partial charge in [-0.05, 0) is 14.1 Å². The van der Waals surface area contributed by atoms with Gasteiger partial charge in [0.05, 0.1) is 0 Å². The molecular weight excluding hydrogens is 156 g/mol. The molecule has 0 aromatic heterocycles. The largest absolute Gasteiger partial charge is 0.480 e.